The Labute approximate surface area is 111 Å². The number of carbonyl (C=O) groups is 1. The number of rotatable bonds is 5. The molecule has 0 spiro atoms. The fourth-order valence-corrected chi connectivity index (χ4v) is 2.22. The Morgan fingerprint density at radius 2 is 2.00 bits per heavy atom. The highest BCUT2D eigenvalue weighted by Gasteiger charge is 2.33. The summed E-state index contributed by atoms with van der Waals surface area (Å²) in [6, 6.07) is 4.92. The molecule has 1 rings (SSSR count). The molecule has 0 radical (unpaired) electrons. The van der Waals surface area contributed by atoms with Crippen LogP contribution in [0.25, 0.3) is 0 Å². The van der Waals surface area contributed by atoms with Crippen LogP contribution >= 0.6 is 11.6 Å². The minimum Gasteiger partial charge on any atom is -0.496 e. The van der Waals surface area contributed by atoms with Crippen LogP contribution in [0.4, 0.5) is 0 Å². The Morgan fingerprint density at radius 1 is 1.39 bits per heavy atom. The van der Waals surface area contributed by atoms with Crippen LogP contribution < -0.4 is 4.74 Å². The van der Waals surface area contributed by atoms with Crippen molar-refractivity contribution in [1.82, 2.24) is 0 Å². The maximum absolute atomic E-state index is 11.2. The van der Waals surface area contributed by atoms with E-state index in [2.05, 4.69) is 0 Å². The van der Waals surface area contributed by atoms with Crippen LogP contribution in [0.1, 0.15) is 25.5 Å². The zero-order valence-electron chi connectivity index (χ0n) is 10.6. The Morgan fingerprint density at radius 3 is 2.44 bits per heavy atom. The highest BCUT2D eigenvalue weighted by Crippen LogP contribution is 2.38. The number of hydrogen-bond acceptors (Lipinski definition) is 3. The fourth-order valence-electron chi connectivity index (χ4n) is 1.95. The number of ether oxygens (including phenoxy) is 1. The third kappa shape index (κ3) is 2.94. The lowest BCUT2D eigenvalue weighted by atomic mass is 9.86. The molecule has 0 saturated carbocycles. The van der Waals surface area contributed by atoms with Crippen molar-refractivity contribution in [3.63, 3.8) is 0 Å². The molecule has 2 unspecified atom stereocenters. The van der Waals surface area contributed by atoms with E-state index < -0.39 is 18.0 Å². The van der Waals surface area contributed by atoms with Crippen LogP contribution in [0, 0.1) is 11.8 Å². The summed E-state index contributed by atoms with van der Waals surface area (Å²) in [5.74, 6) is -1.82. The van der Waals surface area contributed by atoms with Crippen molar-refractivity contribution in [2.45, 2.75) is 20.0 Å². The van der Waals surface area contributed by atoms with E-state index in [0.717, 1.165) is 0 Å². The Bertz CT molecular complexity index is 431. The molecule has 0 aliphatic rings. The SMILES string of the molecule is COc1cccc(Cl)c1C(O)C(C(=O)O)C(C)C. The molecule has 100 valence electrons. The molecule has 18 heavy (non-hydrogen) atoms. The summed E-state index contributed by atoms with van der Waals surface area (Å²) >= 11 is 6.02. The average Bonchev–Trinajstić information content (AvgIpc) is 2.27. The van der Waals surface area contributed by atoms with E-state index in [1.54, 1.807) is 32.0 Å². The average molecular weight is 273 g/mol. The molecule has 0 fully saturated rings. The zero-order chi connectivity index (χ0) is 13.9. The normalized spacial score (nSPS) is 14.3. The van der Waals surface area contributed by atoms with E-state index in [0.29, 0.717) is 16.3 Å². The van der Waals surface area contributed by atoms with Gasteiger partial charge in [-0.3, -0.25) is 4.79 Å². The first-order chi connectivity index (χ1) is 8.40. The van der Waals surface area contributed by atoms with Gasteiger partial charge in [-0.15, -0.1) is 0 Å². The van der Waals surface area contributed by atoms with E-state index >= 15 is 0 Å². The van der Waals surface area contributed by atoms with Crippen molar-refractivity contribution in [2.75, 3.05) is 7.11 Å². The molecular formula is C13H17ClO4. The van der Waals surface area contributed by atoms with Crippen molar-refractivity contribution in [3.05, 3.63) is 28.8 Å². The van der Waals surface area contributed by atoms with Gasteiger partial charge in [-0.2, -0.15) is 0 Å². The second kappa shape index (κ2) is 6.07. The number of aliphatic hydroxyl groups is 1. The molecule has 2 atom stereocenters. The van der Waals surface area contributed by atoms with Crippen molar-refractivity contribution in [3.8, 4) is 5.75 Å². The van der Waals surface area contributed by atoms with Crippen molar-refractivity contribution < 1.29 is 19.7 Å². The van der Waals surface area contributed by atoms with Crippen LogP contribution in [0.15, 0.2) is 18.2 Å². The maximum Gasteiger partial charge on any atom is 0.309 e. The molecule has 0 saturated heterocycles. The van der Waals surface area contributed by atoms with Gasteiger partial charge >= 0.3 is 5.97 Å². The van der Waals surface area contributed by atoms with Crippen molar-refractivity contribution >= 4 is 17.6 Å². The summed E-state index contributed by atoms with van der Waals surface area (Å²) in [6.07, 6.45) is -1.20. The van der Waals surface area contributed by atoms with E-state index in [4.69, 9.17) is 16.3 Å². The summed E-state index contributed by atoms with van der Waals surface area (Å²) in [7, 11) is 1.45. The van der Waals surface area contributed by atoms with Gasteiger partial charge in [0.05, 0.1) is 24.2 Å². The van der Waals surface area contributed by atoms with E-state index in [1.807, 2.05) is 0 Å². The largest absolute Gasteiger partial charge is 0.496 e. The molecule has 0 aliphatic carbocycles. The Balaban J connectivity index is 3.24. The van der Waals surface area contributed by atoms with Crippen LogP contribution in [0.2, 0.25) is 5.02 Å². The van der Waals surface area contributed by atoms with Gasteiger partial charge in [0.25, 0.3) is 0 Å². The summed E-state index contributed by atoms with van der Waals surface area (Å²) in [5.41, 5.74) is 0.322. The number of benzene rings is 1. The van der Waals surface area contributed by atoms with Gasteiger partial charge in [0.1, 0.15) is 5.75 Å². The quantitative estimate of drug-likeness (QED) is 0.865. The lowest BCUT2D eigenvalue weighted by Gasteiger charge is -2.24. The molecule has 0 amide bonds. The molecule has 5 heteroatoms. The fraction of sp³-hybridized carbons (Fsp3) is 0.462. The molecule has 4 nitrogen and oxygen atoms in total. The van der Waals surface area contributed by atoms with E-state index in [9.17, 15) is 15.0 Å². The third-order valence-corrected chi connectivity index (χ3v) is 3.20. The Hall–Kier alpha value is -1.26. The summed E-state index contributed by atoms with van der Waals surface area (Å²) in [5, 5.41) is 19.8. The maximum atomic E-state index is 11.2. The number of aliphatic carboxylic acids is 1. The van der Waals surface area contributed by atoms with Gasteiger partial charge in [-0.1, -0.05) is 31.5 Å². The Kier molecular flexibility index (Phi) is 4.99. The second-order valence-electron chi connectivity index (χ2n) is 4.41. The molecular weight excluding hydrogens is 256 g/mol. The first-order valence-corrected chi connectivity index (χ1v) is 6.01. The highest BCUT2D eigenvalue weighted by molar-refractivity contribution is 6.31. The van der Waals surface area contributed by atoms with Gasteiger partial charge < -0.3 is 14.9 Å². The second-order valence-corrected chi connectivity index (χ2v) is 4.82. The predicted octanol–water partition coefficient (Wildman–Crippen LogP) is 2.74. The molecule has 0 aromatic heterocycles. The molecule has 2 N–H and O–H groups in total. The number of aliphatic hydroxyl groups excluding tert-OH is 1. The summed E-state index contributed by atoms with van der Waals surface area (Å²) in [4.78, 5) is 11.2. The van der Waals surface area contributed by atoms with E-state index in [1.165, 1.54) is 7.11 Å². The van der Waals surface area contributed by atoms with Crippen LogP contribution in [0.3, 0.4) is 0 Å². The summed E-state index contributed by atoms with van der Waals surface area (Å²) in [6.45, 7) is 3.48. The van der Waals surface area contributed by atoms with Gasteiger partial charge in [0, 0.05) is 5.56 Å². The van der Waals surface area contributed by atoms with Gasteiger partial charge in [0.2, 0.25) is 0 Å². The lowest BCUT2D eigenvalue weighted by Crippen LogP contribution is -2.27. The number of hydrogen-bond donors (Lipinski definition) is 2. The number of halogens is 1. The topological polar surface area (TPSA) is 66.8 Å². The highest BCUT2D eigenvalue weighted by atomic mass is 35.5. The van der Waals surface area contributed by atoms with Crippen molar-refractivity contribution in [1.29, 1.82) is 0 Å². The van der Waals surface area contributed by atoms with Gasteiger partial charge in [-0.05, 0) is 18.1 Å². The smallest absolute Gasteiger partial charge is 0.309 e. The molecule has 0 aliphatic heterocycles. The minimum atomic E-state index is -1.20. The monoisotopic (exact) mass is 272 g/mol. The summed E-state index contributed by atoms with van der Waals surface area (Å²) < 4.78 is 5.12. The minimum absolute atomic E-state index is 0.224. The third-order valence-electron chi connectivity index (χ3n) is 2.87. The van der Waals surface area contributed by atoms with E-state index in [-0.39, 0.29) is 5.92 Å². The number of carboxylic acid groups (broad SMARTS) is 1. The first-order valence-electron chi connectivity index (χ1n) is 5.63. The molecule has 1 aromatic rings. The van der Waals surface area contributed by atoms with Gasteiger partial charge in [0.15, 0.2) is 0 Å². The van der Waals surface area contributed by atoms with Crippen LogP contribution in [0.5, 0.6) is 5.75 Å². The van der Waals surface area contributed by atoms with Crippen molar-refractivity contribution in [2.24, 2.45) is 11.8 Å². The zero-order valence-corrected chi connectivity index (χ0v) is 11.3. The van der Waals surface area contributed by atoms with Crippen LogP contribution in [-0.2, 0) is 4.79 Å². The molecule has 1 aromatic carbocycles. The van der Waals surface area contributed by atoms with Crippen LogP contribution in [-0.4, -0.2) is 23.3 Å². The molecule has 0 heterocycles. The van der Waals surface area contributed by atoms with Gasteiger partial charge in [-0.25, -0.2) is 0 Å². The first kappa shape index (κ1) is 14.8. The number of methoxy groups -OCH3 is 1. The lowest BCUT2D eigenvalue weighted by molar-refractivity contribution is -0.148. The molecule has 0 bridgehead atoms. The predicted molar refractivity (Wildman–Crippen MR) is 68.9 cm³/mol. The standard InChI is InChI=1S/C13H17ClO4/c1-7(2)10(13(16)17)12(15)11-8(14)5-4-6-9(11)18-3/h4-7,10,12,15H,1-3H3,(H,16,17). The number of carboxylic acids is 1.